The van der Waals surface area contributed by atoms with Gasteiger partial charge in [0.15, 0.2) is 0 Å². The highest BCUT2D eigenvalue weighted by Crippen LogP contribution is 2.14. The summed E-state index contributed by atoms with van der Waals surface area (Å²) in [5.74, 6) is 0.585. The van der Waals surface area contributed by atoms with Gasteiger partial charge in [0.05, 0.1) is 0 Å². The lowest BCUT2D eigenvalue weighted by Gasteiger charge is -2.12. The monoisotopic (exact) mass is 205 g/mol. The average molecular weight is 206 g/mol. The van der Waals surface area contributed by atoms with Gasteiger partial charge in [0.25, 0.3) is 0 Å². The zero-order chi connectivity index (χ0) is 8.27. The van der Waals surface area contributed by atoms with Gasteiger partial charge in [-0.2, -0.15) is 0 Å². The summed E-state index contributed by atoms with van der Waals surface area (Å²) in [5, 5.41) is 0. The highest BCUT2D eigenvalue weighted by atomic mass is 35.5. The lowest BCUT2D eigenvalue weighted by atomic mass is 10.2. The van der Waals surface area contributed by atoms with E-state index in [-0.39, 0.29) is 12.4 Å². The van der Waals surface area contributed by atoms with E-state index in [2.05, 4.69) is 17.0 Å². The molecule has 3 heteroatoms. The van der Waals surface area contributed by atoms with Gasteiger partial charge in [-0.15, -0.1) is 24.0 Å². The maximum absolute atomic E-state index is 5.69. The number of hydrogen-bond acceptors (Lipinski definition) is 1. The summed E-state index contributed by atoms with van der Waals surface area (Å²) in [5.41, 5.74) is 2.36. The first-order valence-corrected chi connectivity index (χ1v) is 4.09. The summed E-state index contributed by atoms with van der Waals surface area (Å²) < 4.78 is 0. The minimum atomic E-state index is 0. The molecule has 1 rings (SSSR count). The molecule has 0 aromatic heterocycles. The summed E-state index contributed by atoms with van der Waals surface area (Å²) in [6, 6.07) is 8.20. The molecule has 0 bridgehead atoms. The molecule has 1 aromatic carbocycles. The molecule has 0 aliphatic rings. The topological polar surface area (TPSA) is 3.24 Å². The quantitative estimate of drug-likeness (QED) is 0.672. The standard InChI is InChI=1S/C9H12ClN.ClH/c1-11(2)9-5-3-4-8(6-9)7-10;/h3-6H,7H2,1-2H3;1H. The van der Waals surface area contributed by atoms with Crippen molar-refractivity contribution in [3.63, 3.8) is 0 Å². The third-order valence-corrected chi connectivity index (χ3v) is 1.89. The van der Waals surface area contributed by atoms with E-state index in [0.29, 0.717) is 5.88 Å². The summed E-state index contributed by atoms with van der Waals surface area (Å²) in [6.45, 7) is 0. The Bertz CT molecular complexity index is 236. The molecule has 0 aliphatic heterocycles. The van der Waals surface area contributed by atoms with Crippen molar-refractivity contribution in [3.8, 4) is 0 Å². The molecular weight excluding hydrogens is 193 g/mol. The first-order chi connectivity index (χ1) is 5.24. The van der Waals surface area contributed by atoms with Gasteiger partial charge in [0, 0.05) is 25.7 Å². The van der Waals surface area contributed by atoms with Gasteiger partial charge in [-0.3, -0.25) is 0 Å². The van der Waals surface area contributed by atoms with Gasteiger partial charge in [-0.1, -0.05) is 12.1 Å². The van der Waals surface area contributed by atoms with E-state index in [9.17, 15) is 0 Å². The van der Waals surface area contributed by atoms with Crippen LogP contribution in [0.15, 0.2) is 24.3 Å². The second-order valence-corrected chi connectivity index (χ2v) is 2.97. The first-order valence-electron chi connectivity index (χ1n) is 3.56. The number of nitrogens with zero attached hydrogens (tertiary/aromatic N) is 1. The molecule has 0 N–H and O–H groups in total. The maximum atomic E-state index is 5.69. The highest BCUT2D eigenvalue weighted by molar-refractivity contribution is 6.17. The number of hydrogen-bond donors (Lipinski definition) is 0. The molecule has 0 heterocycles. The van der Waals surface area contributed by atoms with E-state index < -0.39 is 0 Å². The maximum Gasteiger partial charge on any atom is 0.0474 e. The van der Waals surface area contributed by atoms with Gasteiger partial charge >= 0.3 is 0 Å². The van der Waals surface area contributed by atoms with Crippen molar-refractivity contribution in [2.75, 3.05) is 19.0 Å². The van der Waals surface area contributed by atoms with Crippen molar-refractivity contribution < 1.29 is 0 Å². The van der Waals surface area contributed by atoms with Gasteiger partial charge in [-0.25, -0.2) is 0 Å². The molecule has 0 aliphatic carbocycles. The van der Waals surface area contributed by atoms with Crippen LogP contribution in [0.5, 0.6) is 0 Å². The van der Waals surface area contributed by atoms with E-state index in [1.54, 1.807) is 0 Å². The zero-order valence-corrected chi connectivity index (χ0v) is 8.82. The normalized spacial score (nSPS) is 8.92. The minimum Gasteiger partial charge on any atom is -0.378 e. The van der Waals surface area contributed by atoms with Crippen LogP contribution in [0.4, 0.5) is 5.69 Å². The van der Waals surface area contributed by atoms with Crippen molar-refractivity contribution in [3.05, 3.63) is 29.8 Å². The molecule has 0 unspecified atom stereocenters. The molecule has 0 amide bonds. The van der Waals surface area contributed by atoms with Crippen LogP contribution in [0.1, 0.15) is 5.56 Å². The van der Waals surface area contributed by atoms with Crippen molar-refractivity contribution in [2.24, 2.45) is 0 Å². The molecular formula is C9H13Cl2N. The van der Waals surface area contributed by atoms with E-state index in [0.717, 1.165) is 5.56 Å². The van der Waals surface area contributed by atoms with Crippen LogP contribution in [0.3, 0.4) is 0 Å². The number of anilines is 1. The summed E-state index contributed by atoms with van der Waals surface area (Å²) in [7, 11) is 4.04. The second-order valence-electron chi connectivity index (χ2n) is 2.70. The van der Waals surface area contributed by atoms with E-state index in [1.165, 1.54) is 5.69 Å². The Morgan fingerprint density at radius 1 is 1.33 bits per heavy atom. The summed E-state index contributed by atoms with van der Waals surface area (Å²) in [6.07, 6.45) is 0. The fourth-order valence-corrected chi connectivity index (χ4v) is 1.08. The molecule has 0 saturated carbocycles. The molecule has 0 saturated heterocycles. The molecule has 1 aromatic rings. The van der Waals surface area contributed by atoms with Crippen molar-refractivity contribution in [1.29, 1.82) is 0 Å². The van der Waals surface area contributed by atoms with E-state index >= 15 is 0 Å². The fourth-order valence-electron chi connectivity index (χ4n) is 0.918. The number of rotatable bonds is 2. The van der Waals surface area contributed by atoms with Crippen LogP contribution in [-0.2, 0) is 5.88 Å². The molecule has 0 atom stereocenters. The Morgan fingerprint density at radius 2 is 2.00 bits per heavy atom. The third kappa shape index (κ3) is 2.92. The molecule has 12 heavy (non-hydrogen) atoms. The summed E-state index contributed by atoms with van der Waals surface area (Å²) in [4.78, 5) is 2.07. The van der Waals surface area contributed by atoms with Gasteiger partial charge in [0.1, 0.15) is 0 Å². The zero-order valence-electron chi connectivity index (χ0n) is 7.25. The SMILES string of the molecule is CN(C)c1cccc(CCl)c1.Cl. The van der Waals surface area contributed by atoms with E-state index in [4.69, 9.17) is 11.6 Å². The van der Waals surface area contributed by atoms with Gasteiger partial charge < -0.3 is 4.90 Å². The Hall–Kier alpha value is -0.400. The number of benzene rings is 1. The van der Waals surface area contributed by atoms with Gasteiger partial charge in [-0.05, 0) is 17.7 Å². The van der Waals surface area contributed by atoms with Crippen LogP contribution in [0.2, 0.25) is 0 Å². The number of alkyl halides is 1. The van der Waals surface area contributed by atoms with Crippen LogP contribution < -0.4 is 4.90 Å². The smallest absolute Gasteiger partial charge is 0.0474 e. The average Bonchev–Trinajstić information content (AvgIpc) is 2.05. The minimum absolute atomic E-state index is 0. The third-order valence-electron chi connectivity index (χ3n) is 1.58. The molecule has 68 valence electrons. The number of halogens is 2. The largest absolute Gasteiger partial charge is 0.378 e. The first kappa shape index (κ1) is 11.6. The highest BCUT2D eigenvalue weighted by Gasteiger charge is 1.94. The van der Waals surface area contributed by atoms with Crippen LogP contribution >= 0.6 is 24.0 Å². The lowest BCUT2D eigenvalue weighted by molar-refractivity contribution is 1.13. The molecule has 0 spiro atoms. The molecule has 0 radical (unpaired) electrons. The van der Waals surface area contributed by atoms with Crippen LogP contribution in [0.25, 0.3) is 0 Å². The van der Waals surface area contributed by atoms with Crippen molar-refractivity contribution >= 4 is 29.7 Å². The predicted octanol–water partition coefficient (Wildman–Crippen LogP) is 2.91. The Morgan fingerprint density at radius 3 is 2.50 bits per heavy atom. The predicted molar refractivity (Wildman–Crippen MR) is 57.6 cm³/mol. The Balaban J connectivity index is 0.00000121. The van der Waals surface area contributed by atoms with Crippen LogP contribution in [-0.4, -0.2) is 14.1 Å². The summed E-state index contributed by atoms with van der Waals surface area (Å²) >= 11 is 5.69. The van der Waals surface area contributed by atoms with Gasteiger partial charge in [0.2, 0.25) is 0 Å². The fraction of sp³-hybridized carbons (Fsp3) is 0.333. The molecule has 1 nitrogen and oxygen atoms in total. The van der Waals surface area contributed by atoms with Crippen molar-refractivity contribution in [1.82, 2.24) is 0 Å². The lowest BCUT2D eigenvalue weighted by Crippen LogP contribution is -2.08. The Kier molecular flexibility index (Phi) is 5.11. The Labute approximate surface area is 84.7 Å². The molecule has 0 fully saturated rings. The van der Waals surface area contributed by atoms with E-state index in [1.807, 2.05) is 26.2 Å². The second kappa shape index (κ2) is 5.28. The van der Waals surface area contributed by atoms with Crippen LogP contribution in [0, 0.1) is 0 Å². The van der Waals surface area contributed by atoms with Crippen molar-refractivity contribution in [2.45, 2.75) is 5.88 Å².